The normalized spacial score (nSPS) is 17.4. The molecule has 2 amide bonds. The van der Waals surface area contributed by atoms with Crippen molar-refractivity contribution < 1.29 is 28.5 Å². The second-order valence-corrected chi connectivity index (χ2v) is 8.93. The van der Waals surface area contributed by atoms with Gasteiger partial charge in [-0.1, -0.05) is 12.1 Å². The summed E-state index contributed by atoms with van der Waals surface area (Å²) in [5.41, 5.74) is 3.09. The minimum absolute atomic E-state index is 0.0563. The van der Waals surface area contributed by atoms with Crippen LogP contribution in [0.5, 0.6) is 17.2 Å². The highest BCUT2D eigenvalue weighted by molar-refractivity contribution is 5.79. The first-order chi connectivity index (χ1) is 17.1. The minimum Gasteiger partial charge on any atom is -0.491 e. The molecular formula is C26H31N3O6. The van der Waals surface area contributed by atoms with E-state index in [0.717, 1.165) is 36.5 Å². The number of hydrogen-bond acceptors (Lipinski definition) is 7. The lowest BCUT2D eigenvalue weighted by Gasteiger charge is -2.34. The highest BCUT2D eigenvalue weighted by Crippen LogP contribution is 2.33. The van der Waals surface area contributed by atoms with Gasteiger partial charge in [-0.25, -0.2) is 4.79 Å². The molecular weight excluding hydrogens is 450 g/mol. The summed E-state index contributed by atoms with van der Waals surface area (Å²) in [4.78, 5) is 31.0. The maximum atomic E-state index is 13.1. The summed E-state index contributed by atoms with van der Waals surface area (Å²) in [7, 11) is 0. The predicted octanol–water partition coefficient (Wildman–Crippen LogP) is 2.65. The van der Waals surface area contributed by atoms with E-state index in [4.69, 9.17) is 18.9 Å². The van der Waals surface area contributed by atoms with E-state index in [1.54, 1.807) is 4.90 Å². The van der Waals surface area contributed by atoms with Gasteiger partial charge >= 0.3 is 6.09 Å². The van der Waals surface area contributed by atoms with Crippen LogP contribution in [0.3, 0.4) is 0 Å². The summed E-state index contributed by atoms with van der Waals surface area (Å²) < 4.78 is 21.9. The van der Waals surface area contributed by atoms with E-state index in [-0.39, 0.29) is 18.8 Å². The van der Waals surface area contributed by atoms with Crippen LogP contribution in [0.4, 0.5) is 4.79 Å². The third kappa shape index (κ3) is 5.45. The van der Waals surface area contributed by atoms with Crippen LogP contribution in [0.2, 0.25) is 0 Å². The van der Waals surface area contributed by atoms with Crippen molar-refractivity contribution in [1.29, 1.82) is 0 Å². The lowest BCUT2D eigenvalue weighted by atomic mass is 10.1. The first kappa shape index (κ1) is 23.3. The fourth-order valence-electron chi connectivity index (χ4n) is 4.66. The van der Waals surface area contributed by atoms with Crippen molar-refractivity contribution >= 4 is 12.0 Å². The van der Waals surface area contributed by atoms with Crippen molar-refractivity contribution in [2.24, 2.45) is 0 Å². The quantitative estimate of drug-likeness (QED) is 0.650. The Kier molecular flexibility index (Phi) is 6.94. The molecule has 3 aliphatic rings. The Hall–Kier alpha value is -3.46. The molecule has 0 aromatic heterocycles. The fourth-order valence-corrected chi connectivity index (χ4v) is 4.66. The number of amides is 2. The van der Waals surface area contributed by atoms with Crippen LogP contribution in [0.15, 0.2) is 36.4 Å². The lowest BCUT2D eigenvalue weighted by molar-refractivity contribution is -0.131. The molecule has 2 aromatic carbocycles. The number of ether oxygens (including phenoxy) is 4. The first-order valence-corrected chi connectivity index (χ1v) is 12.1. The zero-order valence-electron chi connectivity index (χ0n) is 20.0. The van der Waals surface area contributed by atoms with Gasteiger partial charge in [0.25, 0.3) is 0 Å². The second kappa shape index (κ2) is 10.4. The molecule has 35 heavy (non-hydrogen) atoms. The average Bonchev–Trinajstić information content (AvgIpc) is 3.22. The van der Waals surface area contributed by atoms with Crippen LogP contribution < -0.4 is 14.2 Å². The van der Waals surface area contributed by atoms with Gasteiger partial charge < -0.3 is 28.7 Å². The molecule has 9 heteroatoms. The standard InChI is InChI=1S/C26H31N3O6/c1-2-32-26(31)28-9-7-27(8-10-28)16-20-4-5-22-21(13-20)17-29(11-12-33-22)25(30)15-19-3-6-23-24(14-19)35-18-34-23/h3-6,13-14H,2,7-12,15-18H2,1H3. The molecule has 0 bridgehead atoms. The zero-order chi connectivity index (χ0) is 24.2. The summed E-state index contributed by atoms with van der Waals surface area (Å²) in [6.07, 6.45) is 0.0657. The number of benzene rings is 2. The maximum Gasteiger partial charge on any atom is 0.409 e. The molecule has 3 heterocycles. The molecule has 1 fully saturated rings. The van der Waals surface area contributed by atoms with Gasteiger partial charge in [0, 0.05) is 44.8 Å². The number of piperazine rings is 1. The third-order valence-corrected chi connectivity index (χ3v) is 6.55. The lowest BCUT2D eigenvalue weighted by Crippen LogP contribution is -2.48. The number of carbonyl (C=O) groups excluding carboxylic acids is 2. The highest BCUT2D eigenvalue weighted by atomic mass is 16.7. The Bertz CT molecular complexity index is 1080. The maximum absolute atomic E-state index is 13.1. The van der Waals surface area contributed by atoms with Crippen molar-refractivity contribution in [3.63, 3.8) is 0 Å². The molecule has 3 aliphatic heterocycles. The minimum atomic E-state index is -0.236. The van der Waals surface area contributed by atoms with Gasteiger partial charge in [0.05, 0.1) is 19.6 Å². The largest absolute Gasteiger partial charge is 0.491 e. The van der Waals surface area contributed by atoms with Crippen molar-refractivity contribution in [3.8, 4) is 17.2 Å². The number of fused-ring (bicyclic) bond motifs is 2. The summed E-state index contributed by atoms with van der Waals surface area (Å²) in [6, 6.07) is 11.9. The fraction of sp³-hybridized carbons (Fsp3) is 0.462. The third-order valence-electron chi connectivity index (χ3n) is 6.55. The molecule has 0 atom stereocenters. The van der Waals surface area contributed by atoms with Gasteiger partial charge in [0.1, 0.15) is 12.4 Å². The summed E-state index contributed by atoms with van der Waals surface area (Å²) in [6.45, 7) is 7.67. The van der Waals surface area contributed by atoms with Crippen LogP contribution in [0.25, 0.3) is 0 Å². The molecule has 5 rings (SSSR count). The van der Waals surface area contributed by atoms with Crippen LogP contribution in [-0.4, -0.2) is 79.4 Å². The molecule has 1 saturated heterocycles. The van der Waals surface area contributed by atoms with Crippen LogP contribution in [0.1, 0.15) is 23.6 Å². The van der Waals surface area contributed by atoms with Crippen LogP contribution in [-0.2, 0) is 29.0 Å². The van der Waals surface area contributed by atoms with Crippen LogP contribution >= 0.6 is 0 Å². The predicted molar refractivity (Wildman–Crippen MR) is 127 cm³/mol. The number of hydrogen-bond donors (Lipinski definition) is 0. The van der Waals surface area contributed by atoms with Gasteiger partial charge in [-0.05, 0) is 42.3 Å². The number of nitrogens with zero attached hydrogens (tertiary/aromatic N) is 3. The average molecular weight is 482 g/mol. The Morgan fingerprint density at radius 2 is 1.63 bits per heavy atom. The van der Waals surface area contributed by atoms with Gasteiger partial charge in [-0.2, -0.15) is 0 Å². The van der Waals surface area contributed by atoms with Crippen molar-refractivity contribution in [1.82, 2.24) is 14.7 Å². The monoisotopic (exact) mass is 481 g/mol. The molecule has 0 radical (unpaired) electrons. The van der Waals surface area contributed by atoms with E-state index in [0.29, 0.717) is 57.3 Å². The molecule has 2 aromatic rings. The number of rotatable bonds is 5. The SMILES string of the molecule is CCOC(=O)N1CCN(Cc2ccc3c(c2)CN(C(=O)Cc2ccc4c(c2)OCO4)CCO3)CC1. The summed E-state index contributed by atoms with van der Waals surface area (Å²) >= 11 is 0. The van der Waals surface area contributed by atoms with E-state index < -0.39 is 0 Å². The Labute approximate surface area is 205 Å². The van der Waals surface area contributed by atoms with Gasteiger partial charge in [-0.3, -0.25) is 9.69 Å². The van der Waals surface area contributed by atoms with E-state index in [9.17, 15) is 9.59 Å². The number of carbonyl (C=O) groups is 2. The first-order valence-electron chi connectivity index (χ1n) is 12.1. The van der Waals surface area contributed by atoms with E-state index >= 15 is 0 Å². The smallest absolute Gasteiger partial charge is 0.409 e. The molecule has 0 saturated carbocycles. The molecule has 0 N–H and O–H groups in total. The Morgan fingerprint density at radius 1 is 0.857 bits per heavy atom. The zero-order valence-corrected chi connectivity index (χ0v) is 20.0. The Morgan fingerprint density at radius 3 is 2.46 bits per heavy atom. The topological polar surface area (TPSA) is 80.8 Å². The molecule has 0 spiro atoms. The summed E-state index contributed by atoms with van der Waals surface area (Å²) in [5, 5.41) is 0. The second-order valence-electron chi connectivity index (χ2n) is 8.93. The van der Waals surface area contributed by atoms with Gasteiger partial charge in [0.2, 0.25) is 12.7 Å². The van der Waals surface area contributed by atoms with Crippen LogP contribution in [0, 0.1) is 0 Å². The molecule has 0 aliphatic carbocycles. The summed E-state index contributed by atoms with van der Waals surface area (Å²) in [5.74, 6) is 2.29. The highest BCUT2D eigenvalue weighted by Gasteiger charge is 2.24. The molecule has 186 valence electrons. The molecule has 0 unspecified atom stereocenters. The van der Waals surface area contributed by atoms with Crippen molar-refractivity contribution in [2.45, 2.75) is 26.4 Å². The Balaban J connectivity index is 1.20. The van der Waals surface area contributed by atoms with Crippen molar-refractivity contribution in [2.75, 3.05) is 52.7 Å². The van der Waals surface area contributed by atoms with Gasteiger partial charge in [0.15, 0.2) is 11.5 Å². The molecule has 9 nitrogen and oxygen atoms in total. The van der Waals surface area contributed by atoms with Crippen molar-refractivity contribution in [3.05, 3.63) is 53.1 Å². The van der Waals surface area contributed by atoms with E-state index in [1.807, 2.05) is 36.1 Å². The van der Waals surface area contributed by atoms with Gasteiger partial charge in [-0.15, -0.1) is 0 Å². The van der Waals surface area contributed by atoms with E-state index in [2.05, 4.69) is 17.0 Å². The van der Waals surface area contributed by atoms with E-state index in [1.165, 1.54) is 5.56 Å².